The molecule has 90 valence electrons. The highest BCUT2D eigenvalue weighted by Gasteiger charge is 2.32. The Morgan fingerprint density at radius 2 is 1.94 bits per heavy atom. The fourth-order valence-corrected chi connectivity index (χ4v) is 2.31. The van der Waals surface area contributed by atoms with Crippen LogP contribution in [0.25, 0.3) is 0 Å². The smallest absolute Gasteiger partial charge is 0.304 e. The van der Waals surface area contributed by atoms with Crippen LogP contribution in [0.1, 0.15) is 45.4 Å². The second-order valence-corrected chi connectivity index (χ2v) is 4.57. The molecular weight excluding hydrogens is 208 g/mol. The van der Waals surface area contributed by atoms with Crippen molar-refractivity contribution in [1.29, 1.82) is 0 Å². The van der Waals surface area contributed by atoms with Crippen molar-refractivity contribution in [2.75, 3.05) is 0 Å². The molecule has 1 fully saturated rings. The lowest BCUT2D eigenvalue weighted by atomic mass is 9.76. The molecule has 4 nitrogen and oxygen atoms in total. The normalized spacial score (nSPS) is 25.4. The lowest BCUT2D eigenvalue weighted by Crippen LogP contribution is -2.30. The van der Waals surface area contributed by atoms with Gasteiger partial charge < -0.3 is 9.90 Å². The topological polar surface area (TPSA) is 71.4 Å². The fourth-order valence-electron chi connectivity index (χ4n) is 2.31. The van der Waals surface area contributed by atoms with Gasteiger partial charge >= 0.3 is 5.97 Å². The molecule has 0 aliphatic heterocycles. The van der Waals surface area contributed by atoms with Crippen LogP contribution in [0.3, 0.4) is 0 Å². The lowest BCUT2D eigenvalue weighted by Gasteiger charge is -2.26. The number of hydrogen-bond donors (Lipinski definition) is 1. The monoisotopic (exact) mass is 226 g/mol. The number of Topliss-reactive ketones (excluding diaryl/α,β-unsaturated/α-hetero) is 2. The van der Waals surface area contributed by atoms with Crippen LogP contribution in [0, 0.1) is 11.8 Å². The average Bonchev–Trinajstić information content (AvgIpc) is 2.18. The third-order valence-corrected chi connectivity index (χ3v) is 3.18. The highest BCUT2D eigenvalue weighted by atomic mass is 16.4. The van der Waals surface area contributed by atoms with E-state index in [1.54, 1.807) is 0 Å². The minimum Gasteiger partial charge on any atom is -0.481 e. The summed E-state index contributed by atoms with van der Waals surface area (Å²) >= 11 is 0. The molecule has 1 rings (SSSR count). The standard InChI is InChI=1S/C12H18O4/c1-8(13)5-6-9-3-2-4-10(12(9)16)7-11(14)15/h9-10H,2-7H2,1H3,(H,14,15). The van der Waals surface area contributed by atoms with Gasteiger partial charge in [-0.3, -0.25) is 9.59 Å². The van der Waals surface area contributed by atoms with E-state index in [0.717, 1.165) is 12.8 Å². The summed E-state index contributed by atoms with van der Waals surface area (Å²) < 4.78 is 0. The first-order valence-corrected chi connectivity index (χ1v) is 5.75. The number of carboxylic acid groups (broad SMARTS) is 1. The average molecular weight is 226 g/mol. The van der Waals surface area contributed by atoms with Gasteiger partial charge in [0.25, 0.3) is 0 Å². The van der Waals surface area contributed by atoms with Crippen LogP contribution in [-0.4, -0.2) is 22.6 Å². The second kappa shape index (κ2) is 5.77. The molecule has 0 radical (unpaired) electrons. The highest BCUT2D eigenvalue weighted by Crippen LogP contribution is 2.30. The molecule has 2 unspecified atom stereocenters. The van der Waals surface area contributed by atoms with Crippen LogP contribution in [0.15, 0.2) is 0 Å². The van der Waals surface area contributed by atoms with Crippen LogP contribution in [0.2, 0.25) is 0 Å². The van der Waals surface area contributed by atoms with E-state index in [-0.39, 0.29) is 29.8 Å². The lowest BCUT2D eigenvalue weighted by molar-refractivity contribution is -0.142. The van der Waals surface area contributed by atoms with Crippen LogP contribution < -0.4 is 0 Å². The number of hydrogen-bond acceptors (Lipinski definition) is 3. The van der Waals surface area contributed by atoms with E-state index in [2.05, 4.69) is 0 Å². The summed E-state index contributed by atoms with van der Waals surface area (Å²) in [5, 5.41) is 8.68. The van der Waals surface area contributed by atoms with Crippen molar-refractivity contribution in [3.8, 4) is 0 Å². The summed E-state index contributed by atoms with van der Waals surface area (Å²) in [5.74, 6) is -1.20. The van der Waals surface area contributed by atoms with Crippen LogP contribution in [0.4, 0.5) is 0 Å². The number of carbonyl (C=O) groups is 3. The van der Waals surface area contributed by atoms with Crippen LogP contribution in [0.5, 0.6) is 0 Å². The summed E-state index contributed by atoms with van der Waals surface area (Å²) in [7, 11) is 0. The molecule has 0 bridgehead atoms. The first-order valence-electron chi connectivity index (χ1n) is 5.75. The van der Waals surface area contributed by atoms with E-state index in [9.17, 15) is 14.4 Å². The number of aliphatic carboxylic acids is 1. The van der Waals surface area contributed by atoms with E-state index in [0.29, 0.717) is 19.3 Å². The summed E-state index contributed by atoms with van der Waals surface area (Å²) in [5.41, 5.74) is 0. The molecule has 0 amide bonds. The molecule has 1 aliphatic carbocycles. The molecule has 0 spiro atoms. The Balaban J connectivity index is 2.50. The minimum atomic E-state index is -0.912. The molecule has 2 atom stereocenters. The quantitative estimate of drug-likeness (QED) is 0.776. The molecule has 0 aromatic heterocycles. The van der Waals surface area contributed by atoms with Crippen molar-refractivity contribution in [3.63, 3.8) is 0 Å². The molecule has 1 N–H and O–H groups in total. The predicted octanol–water partition coefficient (Wildman–Crippen LogP) is 1.82. The first-order chi connectivity index (χ1) is 7.50. The SMILES string of the molecule is CC(=O)CCC1CCCC(CC(=O)O)C1=O. The Morgan fingerprint density at radius 1 is 1.31 bits per heavy atom. The minimum absolute atomic E-state index is 0.0508. The predicted molar refractivity (Wildman–Crippen MR) is 58.0 cm³/mol. The highest BCUT2D eigenvalue weighted by molar-refractivity contribution is 5.87. The first kappa shape index (κ1) is 12.9. The van der Waals surface area contributed by atoms with Crippen molar-refractivity contribution in [1.82, 2.24) is 0 Å². The van der Waals surface area contributed by atoms with Crippen molar-refractivity contribution < 1.29 is 19.5 Å². The summed E-state index contributed by atoms with van der Waals surface area (Å²) in [4.78, 5) is 33.3. The molecule has 4 heteroatoms. The van der Waals surface area contributed by atoms with Gasteiger partial charge in [-0.05, 0) is 26.2 Å². The van der Waals surface area contributed by atoms with E-state index in [1.165, 1.54) is 6.92 Å². The van der Waals surface area contributed by atoms with Crippen molar-refractivity contribution >= 4 is 17.5 Å². The zero-order valence-electron chi connectivity index (χ0n) is 9.57. The van der Waals surface area contributed by atoms with Gasteiger partial charge in [-0.1, -0.05) is 6.42 Å². The van der Waals surface area contributed by atoms with Crippen molar-refractivity contribution in [2.24, 2.45) is 11.8 Å². The zero-order chi connectivity index (χ0) is 12.1. The maximum Gasteiger partial charge on any atom is 0.304 e. The van der Waals surface area contributed by atoms with E-state index in [1.807, 2.05) is 0 Å². The number of ketones is 2. The van der Waals surface area contributed by atoms with Crippen LogP contribution >= 0.6 is 0 Å². The largest absolute Gasteiger partial charge is 0.481 e. The number of carboxylic acids is 1. The maximum atomic E-state index is 11.9. The van der Waals surface area contributed by atoms with Gasteiger partial charge in [0.1, 0.15) is 11.6 Å². The van der Waals surface area contributed by atoms with Crippen LogP contribution in [-0.2, 0) is 14.4 Å². The summed E-state index contributed by atoms with van der Waals surface area (Å²) in [6.45, 7) is 1.52. The molecule has 16 heavy (non-hydrogen) atoms. The number of carbonyl (C=O) groups excluding carboxylic acids is 2. The molecule has 0 aromatic carbocycles. The third kappa shape index (κ3) is 3.76. The molecule has 1 aliphatic rings. The Morgan fingerprint density at radius 3 is 2.50 bits per heavy atom. The molecule has 0 heterocycles. The second-order valence-electron chi connectivity index (χ2n) is 4.57. The summed E-state index contributed by atoms with van der Waals surface area (Å²) in [6.07, 6.45) is 3.34. The molecular formula is C12H18O4. The Bertz CT molecular complexity index is 295. The van der Waals surface area contributed by atoms with Crippen molar-refractivity contribution in [2.45, 2.75) is 45.4 Å². The van der Waals surface area contributed by atoms with Gasteiger partial charge in [0.15, 0.2) is 0 Å². The van der Waals surface area contributed by atoms with Gasteiger partial charge in [-0.15, -0.1) is 0 Å². The molecule has 1 saturated carbocycles. The van der Waals surface area contributed by atoms with Gasteiger partial charge in [-0.25, -0.2) is 0 Å². The third-order valence-electron chi connectivity index (χ3n) is 3.18. The van der Waals surface area contributed by atoms with Crippen molar-refractivity contribution in [3.05, 3.63) is 0 Å². The number of rotatable bonds is 5. The molecule has 0 aromatic rings. The van der Waals surface area contributed by atoms with E-state index >= 15 is 0 Å². The van der Waals surface area contributed by atoms with Gasteiger partial charge in [0, 0.05) is 18.3 Å². The van der Waals surface area contributed by atoms with Gasteiger partial charge in [0.2, 0.25) is 0 Å². The Kier molecular flexibility index (Phi) is 4.65. The van der Waals surface area contributed by atoms with Gasteiger partial charge in [0.05, 0.1) is 6.42 Å². The Labute approximate surface area is 95.0 Å². The molecule has 0 saturated heterocycles. The Hall–Kier alpha value is -1.19. The van der Waals surface area contributed by atoms with Gasteiger partial charge in [-0.2, -0.15) is 0 Å². The maximum absolute atomic E-state index is 11.9. The summed E-state index contributed by atoms with van der Waals surface area (Å²) in [6, 6.07) is 0. The van der Waals surface area contributed by atoms with E-state index in [4.69, 9.17) is 5.11 Å². The van der Waals surface area contributed by atoms with E-state index < -0.39 is 5.97 Å². The fraction of sp³-hybridized carbons (Fsp3) is 0.750. The zero-order valence-corrected chi connectivity index (χ0v) is 9.57.